The number of hydrogen-bond acceptors (Lipinski definition) is 19. The highest BCUT2D eigenvalue weighted by Gasteiger charge is 2.52. The SMILES string of the molecule is C#Cc1c(F)ccc2cccc(-c3ncc4c(N5C[C@@H]6[C@H]5CCN6C(=O)C=C)ncnc4c3F)c12.C#Cc1cccc2cc(O)cc(-c3ncc4c(N5C[C@@H]6[C@H]5CCN6C(=O)C=C)nc(OC[C@@H]5CCCN5C)nc4c3F)c12.C#Cc1cccc2cc(O)cc(-c3ncc4c(N5C[C@@H]6[C@H]5CCN6C(=O)C=C)ncnc4c3F)c12. The fourth-order valence-corrected chi connectivity index (χ4v) is 17.5. The van der Waals surface area contributed by atoms with Crippen LogP contribution in [0.5, 0.6) is 17.5 Å². The van der Waals surface area contributed by atoms with Gasteiger partial charge in [-0.15, -0.1) is 19.3 Å². The van der Waals surface area contributed by atoms with Gasteiger partial charge in [-0.05, 0) is 123 Å². The molecule has 7 aliphatic heterocycles. The number of nitrogens with zero attached hydrogens (tertiary/aromatic N) is 16. The van der Waals surface area contributed by atoms with Gasteiger partial charge in [0, 0.05) is 108 Å². The highest BCUT2D eigenvalue weighted by Crippen LogP contribution is 2.46. The Hall–Kier alpha value is -13.6. The number of terminal acetylenes is 3. The van der Waals surface area contributed by atoms with Crippen molar-refractivity contribution >= 4 is 100 Å². The minimum atomic E-state index is -0.658. The normalized spacial score (nSPS) is 19.9. The van der Waals surface area contributed by atoms with Gasteiger partial charge < -0.3 is 49.2 Å². The van der Waals surface area contributed by atoms with Gasteiger partial charge in [-0.25, -0.2) is 37.5 Å². The number of phenols is 2. The molecule has 26 heteroatoms. The van der Waals surface area contributed by atoms with Crippen molar-refractivity contribution in [3.05, 3.63) is 200 Å². The van der Waals surface area contributed by atoms with Crippen molar-refractivity contribution in [1.29, 1.82) is 0 Å². The van der Waals surface area contributed by atoms with Crippen molar-refractivity contribution in [3.8, 4) is 88.3 Å². The summed E-state index contributed by atoms with van der Waals surface area (Å²) in [4.78, 5) is 90.6. The molecule has 2 N–H and O–H groups in total. The molecule has 6 aromatic heterocycles. The van der Waals surface area contributed by atoms with Crippen LogP contribution in [-0.4, -0.2) is 194 Å². The van der Waals surface area contributed by atoms with Crippen LogP contribution in [0.15, 0.2) is 160 Å². The number of likely N-dealkylation sites (tertiary alicyclic amines) is 4. The Balaban J connectivity index is 0.000000124. The van der Waals surface area contributed by atoms with Gasteiger partial charge in [0.05, 0.1) is 58.0 Å². The zero-order valence-electron chi connectivity index (χ0n) is 61.1. The number of anilines is 3. The quantitative estimate of drug-likeness (QED) is 0.0656. The average molecular weight is 1510 g/mol. The zero-order chi connectivity index (χ0) is 78.4. The molecule has 562 valence electrons. The first-order valence-electron chi connectivity index (χ1n) is 36.9. The van der Waals surface area contributed by atoms with E-state index in [2.05, 4.69) is 104 Å². The van der Waals surface area contributed by atoms with E-state index in [1.807, 2.05) is 20.8 Å². The standard InChI is InChI=1S/C33H31FN6O3.C27H19F2N5O.C27H20FN5O2/c1-4-19-8-6-9-20-14-22(41)15-23(28(19)20)30-29(34)31-24(16-35-30)32(37-33(36-31)43-18-21-10-7-12-38(21)3)40-17-26-25(40)11-13-39(26)27(42)5-2;1-3-16-19(28)9-8-15-6-5-7-17(23(15)16)25-24(29)26-18(12-30-25)27(32-14-31-26)34-13-21-20(34)10-11-33(21)22(35)4-2;1-3-15-6-5-7-16-10-17(34)11-18(23(15)16)25-24(28)26-19(12-29-25)27(31-14-30-26)33-13-21-20(33)8-9-32(21)22(35)4-2/h1,5-6,8-9,14-16,21,25-26,41H,2,7,10-13,17-18H2,3H3;1,4-9,12,14,20-21H,2,10-11,13H2;1,4-7,10-12,14,20-21,34H,2,8-9,13H2/t21-,25+,26+;2*20-,21-/m011/s1. The molecular formula is C87H70F4N16O6. The van der Waals surface area contributed by atoms with E-state index in [1.165, 1.54) is 49.1 Å². The van der Waals surface area contributed by atoms with Crippen LogP contribution in [0.25, 0.3) is 98.8 Å². The number of ether oxygens (including phenoxy) is 1. The summed E-state index contributed by atoms with van der Waals surface area (Å²) in [5.74, 6) is 6.64. The molecule has 0 saturated carbocycles. The summed E-state index contributed by atoms with van der Waals surface area (Å²) in [6.07, 6.45) is 32.9. The van der Waals surface area contributed by atoms with E-state index >= 15 is 13.2 Å². The highest BCUT2D eigenvalue weighted by molar-refractivity contribution is 6.06. The number of pyridine rings is 3. The predicted octanol–water partition coefficient (Wildman–Crippen LogP) is 11.8. The third-order valence-electron chi connectivity index (χ3n) is 23.1. The summed E-state index contributed by atoms with van der Waals surface area (Å²) in [6.45, 7) is 15.8. The molecule has 19 rings (SSSR count). The Labute approximate surface area is 645 Å². The number of rotatable bonds is 12. The first-order chi connectivity index (χ1) is 54.9. The van der Waals surface area contributed by atoms with Crippen LogP contribution in [0.4, 0.5) is 35.0 Å². The van der Waals surface area contributed by atoms with Crippen LogP contribution in [0.3, 0.4) is 0 Å². The number of amides is 3. The summed E-state index contributed by atoms with van der Waals surface area (Å²) >= 11 is 0. The Kier molecular flexibility index (Phi) is 18.5. The van der Waals surface area contributed by atoms with Gasteiger partial charge in [0.1, 0.15) is 87.7 Å². The Morgan fingerprint density at radius 3 is 1.42 bits per heavy atom. The lowest BCUT2D eigenvalue weighted by Crippen LogP contribution is -2.63. The van der Waals surface area contributed by atoms with E-state index in [9.17, 15) is 29.0 Å². The molecule has 6 aromatic carbocycles. The van der Waals surface area contributed by atoms with E-state index in [-0.39, 0.29) is 117 Å². The van der Waals surface area contributed by atoms with Crippen LogP contribution < -0.4 is 19.4 Å². The molecule has 7 aliphatic rings. The number of carbonyl (C=O) groups is 3. The maximum absolute atomic E-state index is 16.6. The summed E-state index contributed by atoms with van der Waals surface area (Å²) < 4.78 is 69.0. The maximum Gasteiger partial charge on any atom is 0.319 e. The maximum atomic E-state index is 16.6. The van der Waals surface area contributed by atoms with Gasteiger partial charge in [0.15, 0.2) is 17.5 Å². The smallest absolute Gasteiger partial charge is 0.319 e. The molecule has 0 bridgehead atoms. The summed E-state index contributed by atoms with van der Waals surface area (Å²) in [5, 5.41) is 25.9. The second kappa shape index (κ2) is 29.0. The molecule has 7 saturated heterocycles. The molecule has 0 radical (unpaired) electrons. The second-order valence-electron chi connectivity index (χ2n) is 28.8. The largest absolute Gasteiger partial charge is 0.508 e. The molecule has 12 aromatic rings. The van der Waals surface area contributed by atoms with Gasteiger partial charge in [-0.2, -0.15) is 9.97 Å². The number of likely N-dealkylation sites (N-methyl/N-ethyl adjacent to an activating group) is 1. The third-order valence-corrected chi connectivity index (χ3v) is 23.1. The predicted molar refractivity (Wildman–Crippen MR) is 423 cm³/mol. The van der Waals surface area contributed by atoms with Crippen LogP contribution in [0.1, 0.15) is 48.8 Å². The summed E-state index contributed by atoms with van der Waals surface area (Å²) in [5.41, 5.74) is 2.81. The van der Waals surface area contributed by atoms with Crippen LogP contribution >= 0.6 is 0 Å². The average Bonchev–Trinajstić information content (AvgIpc) is 1.71. The molecule has 0 unspecified atom stereocenters. The van der Waals surface area contributed by atoms with Crippen molar-refractivity contribution in [3.63, 3.8) is 0 Å². The van der Waals surface area contributed by atoms with Crippen molar-refractivity contribution in [2.24, 2.45) is 0 Å². The Morgan fingerprint density at radius 2 is 0.956 bits per heavy atom. The van der Waals surface area contributed by atoms with Gasteiger partial charge in [0.25, 0.3) is 0 Å². The number of phenolic OH excluding ortho intramolecular Hbond substituents is 2. The number of halogens is 4. The third kappa shape index (κ3) is 12.1. The molecule has 7 atom stereocenters. The second-order valence-corrected chi connectivity index (χ2v) is 28.8. The molecule has 3 amide bonds. The molecule has 113 heavy (non-hydrogen) atoms. The van der Waals surface area contributed by atoms with Crippen molar-refractivity contribution in [2.45, 2.75) is 74.4 Å². The molecule has 0 spiro atoms. The lowest BCUT2D eigenvalue weighted by Gasteiger charge is -2.47. The van der Waals surface area contributed by atoms with E-state index < -0.39 is 23.3 Å². The van der Waals surface area contributed by atoms with Crippen LogP contribution in [0, 0.1) is 60.3 Å². The molecule has 22 nitrogen and oxygen atoms in total. The lowest BCUT2D eigenvalue weighted by atomic mass is 9.95. The minimum Gasteiger partial charge on any atom is -0.508 e. The molecule has 0 aliphatic carbocycles. The Bertz CT molecular complexity index is 6200. The number of benzene rings is 6. The van der Waals surface area contributed by atoms with Crippen LogP contribution in [-0.2, 0) is 14.4 Å². The fraction of sp³-hybridized carbons (Fsp3) is 0.241. The highest BCUT2D eigenvalue weighted by atomic mass is 19.1. The topological polar surface area (TPSA) is 240 Å². The number of carbonyl (C=O) groups excluding carboxylic acids is 3. The number of aromatic hydroxyl groups is 2. The van der Waals surface area contributed by atoms with Gasteiger partial charge in [-0.3, -0.25) is 29.3 Å². The van der Waals surface area contributed by atoms with Crippen molar-refractivity contribution in [1.82, 2.24) is 64.5 Å². The number of hydrogen-bond donors (Lipinski definition) is 2. The first kappa shape index (κ1) is 72.2. The molecule has 13 heterocycles. The molecular weight excluding hydrogens is 1440 g/mol. The Morgan fingerprint density at radius 1 is 0.504 bits per heavy atom. The van der Waals surface area contributed by atoms with E-state index in [0.29, 0.717) is 140 Å². The number of fused-ring (bicyclic) bond motifs is 9. The van der Waals surface area contributed by atoms with Gasteiger partial charge in [-0.1, -0.05) is 86.0 Å². The molecule has 7 fully saturated rings. The van der Waals surface area contributed by atoms with E-state index in [4.69, 9.17) is 29.0 Å². The van der Waals surface area contributed by atoms with E-state index in [1.54, 1.807) is 85.3 Å². The zero-order valence-corrected chi connectivity index (χ0v) is 61.1. The van der Waals surface area contributed by atoms with Crippen LogP contribution in [0.2, 0.25) is 0 Å². The number of aromatic nitrogens is 9. The monoisotopic (exact) mass is 1510 g/mol. The first-order valence-corrected chi connectivity index (χ1v) is 36.9. The lowest BCUT2D eigenvalue weighted by molar-refractivity contribution is -0.128. The van der Waals surface area contributed by atoms with Gasteiger partial charge in [0.2, 0.25) is 17.7 Å². The van der Waals surface area contributed by atoms with Crippen molar-refractivity contribution < 1.29 is 46.9 Å². The fourth-order valence-electron chi connectivity index (χ4n) is 17.5. The summed E-state index contributed by atoms with van der Waals surface area (Å²) in [6, 6.07) is 25.7. The van der Waals surface area contributed by atoms with Gasteiger partial charge >= 0.3 is 6.01 Å². The minimum absolute atomic E-state index is 0.0159. The summed E-state index contributed by atoms with van der Waals surface area (Å²) in [7, 11) is 2.06. The van der Waals surface area contributed by atoms with E-state index in [0.717, 1.165) is 38.6 Å². The van der Waals surface area contributed by atoms with Crippen molar-refractivity contribution in [2.75, 3.05) is 74.2 Å².